The van der Waals surface area contributed by atoms with Crippen LogP contribution in [0.3, 0.4) is 0 Å². The lowest BCUT2D eigenvalue weighted by molar-refractivity contribution is -0.337. The van der Waals surface area contributed by atoms with Crippen LogP contribution < -0.4 is 4.74 Å². The number of carbonyl (C=O) groups is 1. The van der Waals surface area contributed by atoms with E-state index in [1.165, 1.54) is 10.9 Å². The summed E-state index contributed by atoms with van der Waals surface area (Å²) in [5.74, 6) is 0.928. The summed E-state index contributed by atoms with van der Waals surface area (Å²) in [6, 6.07) is 12.9. The third-order valence-electron chi connectivity index (χ3n) is 6.83. The van der Waals surface area contributed by atoms with Gasteiger partial charge in [-0.3, -0.25) is 0 Å². The first-order valence-corrected chi connectivity index (χ1v) is 12.1. The van der Waals surface area contributed by atoms with E-state index in [2.05, 4.69) is 43.5 Å². The van der Waals surface area contributed by atoms with Crippen LogP contribution in [0, 0.1) is 0 Å². The van der Waals surface area contributed by atoms with Crippen molar-refractivity contribution in [3.63, 3.8) is 0 Å². The molecule has 4 rings (SSSR count). The van der Waals surface area contributed by atoms with E-state index in [0.29, 0.717) is 32.2 Å². The fourth-order valence-electron chi connectivity index (χ4n) is 5.00. The number of hydrogen-bond donors (Lipinski definition) is 0. The predicted molar refractivity (Wildman–Crippen MR) is 131 cm³/mol. The lowest BCUT2D eigenvalue weighted by Crippen LogP contribution is -2.43. The Morgan fingerprint density at radius 2 is 1.85 bits per heavy atom. The summed E-state index contributed by atoms with van der Waals surface area (Å²) in [6.45, 7) is 8.98. The van der Waals surface area contributed by atoms with Crippen molar-refractivity contribution in [3.8, 4) is 5.75 Å². The predicted octanol–water partition coefficient (Wildman–Crippen LogP) is 5.66. The molecular formula is C28H34O6. The molecule has 1 aliphatic carbocycles. The van der Waals surface area contributed by atoms with Crippen molar-refractivity contribution in [1.29, 1.82) is 0 Å². The summed E-state index contributed by atoms with van der Waals surface area (Å²) in [4.78, 5) is 22.0. The van der Waals surface area contributed by atoms with E-state index in [-0.39, 0.29) is 11.7 Å². The largest absolute Gasteiger partial charge is 0.493 e. The Labute approximate surface area is 201 Å². The second-order valence-corrected chi connectivity index (χ2v) is 8.98. The Kier molecular flexibility index (Phi) is 8.38. The van der Waals surface area contributed by atoms with Crippen LogP contribution in [0.4, 0.5) is 0 Å². The number of benzene rings is 2. The molecule has 1 saturated carbocycles. The van der Waals surface area contributed by atoms with Gasteiger partial charge in [0.25, 0.3) is 0 Å². The highest BCUT2D eigenvalue weighted by atomic mass is 17.2. The molecule has 0 radical (unpaired) electrons. The molecule has 2 aromatic rings. The van der Waals surface area contributed by atoms with Crippen LogP contribution in [-0.2, 0) is 24.0 Å². The van der Waals surface area contributed by atoms with E-state index in [1.807, 2.05) is 6.07 Å². The van der Waals surface area contributed by atoms with Gasteiger partial charge in [0.15, 0.2) is 0 Å². The summed E-state index contributed by atoms with van der Waals surface area (Å²) in [5, 5.41) is 2.36. The molecule has 1 spiro atoms. The molecule has 0 aromatic heterocycles. The molecule has 0 bridgehead atoms. The molecule has 2 aromatic carbocycles. The summed E-state index contributed by atoms with van der Waals surface area (Å²) < 4.78 is 17.0. The molecular weight excluding hydrogens is 432 g/mol. The Morgan fingerprint density at radius 3 is 2.65 bits per heavy atom. The van der Waals surface area contributed by atoms with E-state index in [9.17, 15) is 4.79 Å². The van der Waals surface area contributed by atoms with Crippen LogP contribution in [0.15, 0.2) is 61.7 Å². The van der Waals surface area contributed by atoms with E-state index >= 15 is 0 Å². The molecule has 34 heavy (non-hydrogen) atoms. The molecule has 1 saturated heterocycles. The van der Waals surface area contributed by atoms with Crippen LogP contribution >= 0.6 is 0 Å². The Bertz CT molecular complexity index is 992. The monoisotopic (exact) mass is 466 g/mol. The van der Waals surface area contributed by atoms with Crippen LogP contribution in [0.1, 0.15) is 50.0 Å². The van der Waals surface area contributed by atoms with Gasteiger partial charge in [-0.25, -0.2) is 14.6 Å². The zero-order chi connectivity index (χ0) is 23.8. The van der Waals surface area contributed by atoms with Gasteiger partial charge >= 0.3 is 5.97 Å². The van der Waals surface area contributed by atoms with Gasteiger partial charge in [-0.1, -0.05) is 36.9 Å². The maximum atomic E-state index is 11.1. The SMILES string of the molecule is C=CCOOC1CCOC12CCC(c1ccc3cc(OCCCOC(=O)C=C)ccc3c1)CC2. The van der Waals surface area contributed by atoms with Gasteiger partial charge in [-0.15, -0.1) is 6.58 Å². The smallest absolute Gasteiger partial charge is 0.330 e. The summed E-state index contributed by atoms with van der Waals surface area (Å²) >= 11 is 0. The van der Waals surface area contributed by atoms with Crippen molar-refractivity contribution in [2.75, 3.05) is 26.4 Å². The fourth-order valence-corrected chi connectivity index (χ4v) is 5.00. The normalized spacial score (nSPS) is 24.2. The highest BCUT2D eigenvalue weighted by Gasteiger charge is 2.48. The summed E-state index contributed by atoms with van der Waals surface area (Å²) in [6.07, 6.45) is 8.47. The van der Waals surface area contributed by atoms with Crippen LogP contribution in [0.25, 0.3) is 10.8 Å². The van der Waals surface area contributed by atoms with Crippen molar-refractivity contribution in [3.05, 3.63) is 67.3 Å². The van der Waals surface area contributed by atoms with Crippen LogP contribution in [0.5, 0.6) is 5.75 Å². The van der Waals surface area contributed by atoms with E-state index in [1.54, 1.807) is 6.08 Å². The Balaban J connectivity index is 1.31. The minimum absolute atomic E-state index is 0.00235. The lowest BCUT2D eigenvalue weighted by Gasteiger charge is -2.39. The molecule has 2 fully saturated rings. The third-order valence-corrected chi connectivity index (χ3v) is 6.83. The van der Waals surface area contributed by atoms with Gasteiger partial charge in [0, 0.05) is 18.9 Å². The van der Waals surface area contributed by atoms with Crippen molar-refractivity contribution in [2.24, 2.45) is 0 Å². The van der Waals surface area contributed by atoms with Crippen LogP contribution in [0.2, 0.25) is 0 Å². The quantitative estimate of drug-likeness (QED) is 0.106. The molecule has 2 aliphatic rings. The first-order valence-electron chi connectivity index (χ1n) is 12.1. The molecule has 0 N–H and O–H groups in total. The Morgan fingerprint density at radius 1 is 1.06 bits per heavy atom. The number of hydrogen-bond acceptors (Lipinski definition) is 6. The molecule has 1 unspecified atom stereocenters. The zero-order valence-corrected chi connectivity index (χ0v) is 19.7. The first kappa shape index (κ1) is 24.5. The number of esters is 1. The van der Waals surface area contributed by atoms with Crippen molar-refractivity contribution >= 4 is 16.7 Å². The number of ether oxygens (including phenoxy) is 3. The van der Waals surface area contributed by atoms with Crippen LogP contribution in [-0.4, -0.2) is 44.1 Å². The molecule has 6 heteroatoms. The molecule has 182 valence electrons. The number of rotatable bonds is 11. The van der Waals surface area contributed by atoms with Crippen molar-refractivity contribution < 1.29 is 28.8 Å². The molecule has 1 atom stereocenters. The Hall–Kier alpha value is -2.67. The third kappa shape index (κ3) is 5.87. The van der Waals surface area contributed by atoms with Crippen molar-refractivity contribution in [1.82, 2.24) is 0 Å². The number of carbonyl (C=O) groups excluding carboxylic acids is 1. The standard InChI is InChI=1S/C28H34O6/c1-3-15-33-34-26-12-18-32-28(26)13-10-21(11-14-28)22-6-7-24-20-25(9-8-23(24)19-22)30-16-5-17-31-27(29)4-2/h3-4,6-9,19-21,26H,1-2,5,10-18H2. The molecule has 0 amide bonds. The minimum Gasteiger partial charge on any atom is -0.493 e. The maximum Gasteiger partial charge on any atom is 0.330 e. The minimum atomic E-state index is -0.406. The van der Waals surface area contributed by atoms with Gasteiger partial charge in [-0.05, 0) is 60.1 Å². The topological polar surface area (TPSA) is 63.2 Å². The van der Waals surface area contributed by atoms with Gasteiger partial charge in [-0.2, -0.15) is 0 Å². The second-order valence-electron chi connectivity index (χ2n) is 8.98. The summed E-state index contributed by atoms with van der Waals surface area (Å²) in [5.41, 5.74) is 1.16. The van der Waals surface area contributed by atoms with Gasteiger partial charge in [0.2, 0.25) is 0 Å². The van der Waals surface area contributed by atoms with E-state index in [4.69, 9.17) is 24.0 Å². The first-order chi connectivity index (χ1) is 16.6. The number of fused-ring (bicyclic) bond motifs is 1. The molecule has 1 heterocycles. The average molecular weight is 467 g/mol. The average Bonchev–Trinajstić information content (AvgIpc) is 3.25. The van der Waals surface area contributed by atoms with E-state index in [0.717, 1.165) is 55.9 Å². The van der Waals surface area contributed by atoms with Gasteiger partial charge in [0.1, 0.15) is 18.5 Å². The van der Waals surface area contributed by atoms with Gasteiger partial charge in [0.05, 0.1) is 25.4 Å². The van der Waals surface area contributed by atoms with Gasteiger partial charge < -0.3 is 14.2 Å². The molecule has 1 aliphatic heterocycles. The van der Waals surface area contributed by atoms with Crippen molar-refractivity contribution in [2.45, 2.75) is 56.1 Å². The lowest BCUT2D eigenvalue weighted by atomic mass is 9.74. The summed E-state index contributed by atoms with van der Waals surface area (Å²) in [7, 11) is 0. The van der Waals surface area contributed by atoms with E-state index < -0.39 is 5.97 Å². The maximum absolute atomic E-state index is 11.1. The fraction of sp³-hybridized carbons (Fsp3) is 0.464. The second kappa shape index (κ2) is 11.6. The molecule has 6 nitrogen and oxygen atoms in total. The highest BCUT2D eigenvalue weighted by molar-refractivity contribution is 5.84. The highest BCUT2D eigenvalue weighted by Crippen LogP contribution is 2.46. The zero-order valence-electron chi connectivity index (χ0n) is 19.7.